The third-order valence-corrected chi connectivity index (χ3v) is 6.63. The van der Waals surface area contributed by atoms with Crippen molar-refractivity contribution in [2.45, 2.75) is 50.7 Å². The van der Waals surface area contributed by atoms with Crippen LogP contribution < -0.4 is 60.8 Å². The number of aromatic nitrogens is 4. The molecule has 0 saturated carbocycles. The number of H-pyrrole nitrogens is 1. The number of nitrogens with two attached hydrogens (primary N) is 2. The number of rotatable bonds is 22. The summed E-state index contributed by atoms with van der Waals surface area (Å²) >= 11 is 0. The summed E-state index contributed by atoms with van der Waals surface area (Å²) in [6.45, 7) is 0.609. The molecule has 0 spiro atoms. The molecule has 0 bridgehead atoms. The SMILES string of the molecule is [CH2-]N(CCCCC(NC(=O)CCC(NC(=O)c1ccc(NCc2cnc3nc(N)[nH]c(=O)c3n2)cc1)C(=O)O)C(=O)O)NNNNN[N-]N.[W]. The van der Waals surface area contributed by atoms with Crippen molar-refractivity contribution >= 4 is 46.6 Å². The Morgan fingerprint density at radius 1 is 0.980 bits per heavy atom. The van der Waals surface area contributed by atoms with Crippen molar-refractivity contribution in [1.29, 1.82) is 0 Å². The normalized spacial score (nSPS) is 12.1. The van der Waals surface area contributed by atoms with Crippen molar-refractivity contribution in [2.24, 2.45) is 5.84 Å². The van der Waals surface area contributed by atoms with Gasteiger partial charge in [0.15, 0.2) is 11.2 Å². The van der Waals surface area contributed by atoms with E-state index in [9.17, 15) is 34.2 Å². The zero-order valence-corrected chi connectivity index (χ0v) is 29.4. The van der Waals surface area contributed by atoms with E-state index < -0.39 is 41.4 Å². The molecule has 0 aliphatic rings. The van der Waals surface area contributed by atoms with Crippen LogP contribution in [0.1, 0.15) is 48.2 Å². The Morgan fingerprint density at radius 2 is 1.68 bits per heavy atom. The topological polar surface area (TPSA) is 346 Å². The number of fused-ring (bicyclic) bond motifs is 1. The minimum Gasteiger partial charge on any atom is -0.520 e. The first-order valence-electron chi connectivity index (χ1n) is 14.6. The number of carbonyl (C=O) groups excluding carboxylic acids is 2. The van der Waals surface area contributed by atoms with E-state index in [1.165, 1.54) is 23.3 Å². The molecule has 272 valence electrons. The first-order chi connectivity index (χ1) is 23.5. The molecular weight excluding hydrogens is 832 g/mol. The maximum Gasteiger partial charge on any atom is 0.326 e. The Labute approximate surface area is 298 Å². The summed E-state index contributed by atoms with van der Waals surface area (Å²) in [4.78, 5) is 75.4. The fourth-order valence-electron chi connectivity index (χ4n) is 4.19. The predicted molar refractivity (Wildman–Crippen MR) is 173 cm³/mol. The molecule has 2 heterocycles. The van der Waals surface area contributed by atoms with Crippen molar-refractivity contribution in [3.8, 4) is 0 Å². The average Bonchev–Trinajstić information content (AvgIpc) is 3.06. The molecule has 2 amide bonds. The van der Waals surface area contributed by atoms with E-state index >= 15 is 0 Å². The van der Waals surface area contributed by atoms with Crippen LogP contribution >= 0.6 is 0 Å². The first kappa shape index (κ1) is 41.5. The van der Waals surface area contributed by atoms with E-state index in [1.807, 2.05) is 0 Å². The van der Waals surface area contributed by atoms with Crippen LogP contribution in [0.25, 0.3) is 16.7 Å². The summed E-state index contributed by atoms with van der Waals surface area (Å²) in [6.07, 6.45) is 1.90. The number of unbranched alkanes of at least 4 members (excludes halogenated alkanes) is 1. The van der Waals surface area contributed by atoms with Gasteiger partial charge in [0.05, 0.1) is 18.4 Å². The van der Waals surface area contributed by atoms with Crippen molar-refractivity contribution < 1.29 is 50.5 Å². The average molecular weight is 871 g/mol. The third kappa shape index (κ3) is 14.0. The summed E-state index contributed by atoms with van der Waals surface area (Å²) in [6, 6.07) is 3.51. The summed E-state index contributed by atoms with van der Waals surface area (Å²) in [5, 5.41) is 28.4. The predicted octanol–water partition coefficient (Wildman–Crippen LogP) is -2.61. The zero-order valence-electron chi connectivity index (χ0n) is 26.4. The van der Waals surface area contributed by atoms with Crippen LogP contribution in [0.5, 0.6) is 0 Å². The third-order valence-electron chi connectivity index (χ3n) is 6.63. The summed E-state index contributed by atoms with van der Waals surface area (Å²) in [5.41, 5.74) is 21.6. The molecule has 0 fully saturated rings. The molecule has 0 saturated heterocycles. The smallest absolute Gasteiger partial charge is 0.326 e. The largest absolute Gasteiger partial charge is 0.520 e. The molecule has 0 radical (unpaired) electrons. The Kier molecular flexibility index (Phi) is 17.7. The maximum absolute atomic E-state index is 12.8. The van der Waals surface area contributed by atoms with Gasteiger partial charge < -0.3 is 53.8 Å². The van der Waals surface area contributed by atoms with Crippen LogP contribution in [0.15, 0.2) is 35.3 Å². The standard InChI is InChI=1S/C26H39N16O7.W/c1-42(41-40-39-38-37-36-28)11-3-2-4-17(24(46)47)32-19(43)10-9-18(25(48)49)33-22(44)14-5-7-15(8-6-14)29-12-16-13-30-21-20(31-16)23(45)35-26(27)34-21;/h5-8,13,17-18H,1-4,9-12H2,(H16,27,28,29,30,31,32,33,34,35,36,37,38,39,40,41,43,44,45,46,47,48,49);/q-1;/p-1. The Bertz CT molecular complexity index is 1630. The van der Waals surface area contributed by atoms with Crippen LogP contribution in [0.4, 0.5) is 11.6 Å². The van der Waals surface area contributed by atoms with E-state index in [1.54, 1.807) is 12.1 Å². The van der Waals surface area contributed by atoms with Gasteiger partial charge in [-0.05, 0) is 56.5 Å². The van der Waals surface area contributed by atoms with Crippen molar-refractivity contribution in [2.75, 3.05) is 17.6 Å². The number of aromatic amines is 1. The number of carboxylic acids is 2. The van der Waals surface area contributed by atoms with Gasteiger partial charge in [-0.3, -0.25) is 26.4 Å². The van der Waals surface area contributed by atoms with Crippen molar-refractivity contribution in [3.63, 3.8) is 0 Å². The quantitative estimate of drug-likeness (QED) is 0.0213. The van der Waals surface area contributed by atoms with Gasteiger partial charge >= 0.3 is 11.9 Å². The van der Waals surface area contributed by atoms with Gasteiger partial charge in [-0.1, -0.05) is 0 Å². The molecule has 2 aromatic heterocycles. The van der Waals surface area contributed by atoms with Gasteiger partial charge in [0.1, 0.15) is 12.1 Å². The van der Waals surface area contributed by atoms with Gasteiger partial charge in [-0.2, -0.15) is 21.6 Å². The minimum atomic E-state index is -1.41. The van der Waals surface area contributed by atoms with E-state index in [0.717, 1.165) is 0 Å². The van der Waals surface area contributed by atoms with Gasteiger partial charge in [0.2, 0.25) is 11.9 Å². The molecule has 2 atom stereocenters. The zero-order chi connectivity index (χ0) is 35.8. The van der Waals surface area contributed by atoms with Gasteiger partial charge in [0, 0.05) is 38.7 Å². The minimum absolute atomic E-state index is 0. The number of nitrogens with zero attached hydrogens (tertiary/aromatic N) is 5. The number of hydrogen-bond acceptors (Lipinski definition) is 17. The van der Waals surface area contributed by atoms with Crippen LogP contribution in [0.3, 0.4) is 0 Å². The number of benzene rings is 1. The van der Waals surface area contributed by atoms with Crippen LogP contribution in [-0.2, 0) is 42.0 Å². The number of amides is 2. The fraction of sp³-hybridized carbons (Fsp3) is 0.346. The molecule has 2 unspecified atom stereocenters. The Hall–Kier alpha value is -4.71. The number of carbonyl (C=O) groups is 4. The summed E-state index contributed by atoms with van der Waals surface area (Å²) in [7, 11) is 3.72. The van der Waals surface area contributed by atoms with E-state index in [2.05, 4.69) is 76.1 Å². The molecule has 3 aromatic rings. The van der Waals surface area contributed by atoms with Gasteiger partial charge in [-0.25, -0.2) is 25.1 Å². The maximum atomic E-state index is 12.8. The molecular formula is C26H38N16O7W-2. The molecule has 3 rings (SSSR count). The number of nitrogen functional groups attached to an aromatic ring is 1. The second-order valence-corrected chi connectivity index (χ2v) is 10.3. The fourth-order valence-corrected chi connectivity index (χ4v) is 4.19. The van der Waals surface area contributed by atoms with Gasteiger partial charge in [-0.15, -0.1) is 0 Å². The number of anilines is 2. The molecule has 23 nitrogen and oxygen atoms in total. The van der Waals surface area contributed by atoms with Crippen LogP contribution in [0.2, 0.25) is 0 Å². The van der Waals surface area contributed by atoms with Crippen molar-refractivity contribution in [1.82, 2.24) is 63.3 Å². The first-order valence-corrected chi connectivity index (χ1v) is 14.6. The number of nitrogens with one attached hydrogen (secondary N) is 9. The van der Waals surface area contributed by atoms with Crippen LogP contribution in [0, 0.1) is 7.05 Å². The molecule has 15 N–H and O–H groups in total. The second kappa shape index (κ2) is 21.4. The summed E-state index contributed by atoms with van der Waals surface area (Å²) in [5.74, 6) is 0.830. The van der Waals surface area contributed by atoms with E-state index in [-0.39, 0.29) is 69.5 Å². The molecule has 24 heteroatoms. The van der Waals surface area contributed by atoms with Crippen molar-refractivity contribution in [3.05, 3.63) is 64.7 Å². The van der Waals surface area contributed by atoms with Crippen LogP contribution in [-0.4, -0.2) is 77.5 Å². The molecule has 0 aliphatic heterocycles. The Morgan fingerprint density at radius 3 is 2.36 bits per heavy atom. The number of hydrazine groups is 5. The monoisotopic (exact) mass is 870 g/mol. The summed E-state index contributed by atoms with van der Waals surface area (Å²) < 4.78 is 0. The number of carboxylic acid groups (broad SMARTS) is 2. The van der Waals surface area contributed by atoms with E-state index in [4.69, 9.17) is 11.6 Å². The molecule has 0 aliphatic carbocycles. The number of aliphatic carboxylic acids is 2. The second-order valence-electron chi connectivity index (χ2n) is 10.3. The number of hydrogen-bond donors (Lipinski definition) is 13. The molecule has 50 heavy (non-hydrogen) atoms. The Balaban J connectivity index is 0.00000867. The molecule has 1 aromatic carbocycles. The van der Waals surface area contributed by atoms with E-state index in [0.29, 0.717) is 30.8 Å². The van der Waals surface area contributed by atoms with Gasteiger partial charge in [0.25, 0.3) is 11.5 Å².